The highest BCUT2D eigenvalue weighted by Crippen LogP contribution is 2.24. The van der Waals surface area contributed by atoms with Gasteiger partial charge in [0.1, 0.15) is 0 Å². The number of hydrogen-bond acceptors (Lipinski definition) is 5. The second kappa shape index (κ2) is 9.46. The summed E-state index contributed by atoms with van der Waals surface area (Å²) in [6.45, 7) is 10.0. The fourth-order valence-corrected chi connectivity index (χ4v) is 4.31. The Kier molecular flexibility index (Phi) is 7.01. The Morgan fingerprint density at radius 1 is 0.926 bits per heavy atom. The second-order valence-corrected chi connectivity index (χ2v) is 8.06. The van der Waals surface area contributed by atoms with E-state index in [1.165, 1.54) is 28.6 Å². The van der Waals surface area contributed by atoms with Crippen molar-refractivity contribution in [2.75, 3.05) is 68.9 Å². The van der Waals surface area contributed by atoms with Gasteiger partial charge in [0.15, 0.2) is 0 Å². The van der Waals surface area contributed by atoms with E-state index in [0.29, 0.717) is 37.8 Å². The Bertz CT molecular complexity index is 668. The lowest BCUT2D eigenvalue weighted by molar-refractivity contribution is -0.132. The number of aryl methyl sites for hydroxylation is 1. The summed E-state index contributed by atoms with van der Waals surface area (Å²) in [7, 11) is 0. The molecule has 7 heteroatoms. The van der Waals surface area contributed by atoms with Crippen molar-refractivity contribution in [1.29, 1.82) is 0 Å². The Morgan fingerprint density at radius 2 is 1.52 bits per heavy atom. The van der Waals surface area contributed by atoms with Crippen LogP contribution in [0.4, 0.5) is 5.69 Å². The van der Waals surface area contributed by atoms with Gasteiger partial charge in [-0.15, -0.1) is 11.8 Å². The molecule has 2 aliphatic heterocycles. The number of anilines is 1. The molecule has 2 heterocycles. The Labute approximate surface area is 165 Å². The SMILES string of the molecule is Cc1cccc(N2CCN(C(=O)CSCC(=O)N3CCOCC3)CC2)c1C. The molecule has 0 spiro atoms. The van der Waals surface area contributed by atoms with Crippen LogP contribution in [0, 0.1) is 13.8 Å². The number of benzene rings is 1. The first-order valence-electron chi connectivity index (χ1n) is 9.58. The van der Waals surface area contributed by atoms with Crippen molar-refractivity contribution in [2.24, 2.45) is 0 Å². The van der Waals surface area contributed by atoms with Crippen LogP contribution in [0.25, 0.3) is 0 Å². The van der Waals surface area contributed by atoms with E-state index in [1.54, 1.807) is 0 Å². The summed E-state index contributed by atoms with van der Waals surface area (Å²) in [5.74, 6) is 0.986. The maximum atomic E-state index is 12.5. The van der Waals surface area contributed by atoms with E-state index in [1.807, 2.05) is 9.80 Å². The zero-order valence-corrected chi connectivity index (χ0v) is 17.1. The number of amides is 2. The van der Waals surface area contributed by atoms with Crippen molar-refractivity contribution in [3.63, 3.8) is 0 Å². The Morgan fingerprint density at radius 3 is 2.15 bits per heavy atom. The summed E-state index contributed by atoms with van der Waals surface area (Å²) in [5, 5.41) is 0. The minimum atomic E-state index is 0.107. The van der Waals surface area contributed by atoms with Gasteiger partial charge in [0.2, 0.25) is 11.8 Å². The van der Waals surface area contributed by atoms with Crippen molar-refractivity contribution < 1.29 is 14.3 Å². The number of ether oxygens (including phenoxy) is 1. The summed E-state index contributed by atoms with van der Waals surface area (Å²) in [6.07, 6.45) is 0. The quantitative estimate of drug-likeness (QED) is 0.762. The summed E-state index contributed by atoms with van der Waals surface area (Å²) >= 11 is 1.42. The van der Waals surface area contributed by atoms with Crippen LogP contribution in [-0.2, 0) is 14.3 Å². The summed E-state index contributed by atoms with van der Waals surface area (Å²) in [5.41, 5.74) is 3.88. The van der Waals surface area contributed by atoms with Gasteiger partial charge >= 0.3 is 0 Å². The van der Waals surface area contributed by atoms with E-state index < -0.39 is 0 Å². The number of carbonyl (C=O) groups excluding carboxylic acids is 2. The molecule has 0 aliphatic carbocycles. The number of piperazine rings is 1. The maximum Gasteiger partial charge on any atom is 0.232 e. The lowest BCUT2D eigenvalue weighted by atomic mass is 10.1. The van der Waals surface area contributed by atoms with E-state index in [4.69, 9.17) is 4.74 Å². The molecule has 3 rings (SSSR count). The van der Waals surface area contributed by atoms with Crippen molar-refractivity contribution in [3.8, 4) is 0 Å². The summed E-state index contributed by atoms with van der Waals surface area (Å²) < 4.78 is 5.26. The van der Waals surface area contributed by atoms with Gasteiger partial charge in [-0.1, -0.05) is 12.1 Å². The van der Waals surface area contributed by atoms with Crippen molar-refractivity contribution in [3.05, 3.63) is 29.3 Å². The number of carbonyl (C=O) groups is 2. The molecule has 0 radical (unpaired) electrons. The lowest BCUT2D eigenvalue weighted by Crippen LogP contribution is -2.49. The third-order valence-electron chi connectivity index (χ3n) is 5.36. The van der Waals surface area contributed by atoms with E-state index in [9.17, 15) is 9.59 Å². The minimum Gasteiger partial charge on any atom is -0.378 e. The van der Waals surface area contributed by atoms with Crippen LogP contribution in [0.15, 0.2) is 18.2 Å². The number of rotatable bonds is 5. The van der Waals surface area contributed by atoms with Gasteiger partial charge in [-0.3, -0.25) is 9.59 Å². The average molecular weight is 392 g/mol. The molecular weight excluding hydrogens is 362 g/mol. The van der Waals surface area contributed by atoms with E-state index in [-0.39, 0.29) is 11.8 Å². The topological polar surface area (TPSA) is 53.1 Å². The standard InChI is InChI=1S/C20H29N3O3S/c1-16-4-3-5-18(17(16)2)21-6-8-22(9-7-21)19(24)14-27-15-20(25)23-10-12-26-13-11-23/h3-5H,6-15H2,1-2H3. The predicted molar refractivity (Wildman–Crippen MR) is 109 cm³/mol. The van der Waals surface area contributed by atoms with E-state index >= 15 is 0 Å². The molecule has 0 atom stereocenters. The van der Waals surface area contributed by atoms with Gasteiger partial charge in [-0.2, -0.15) is 0 Å². The molecule has 2 saturated heterocycles. The van der Waals surface area contributed by atoms with E-state index in [0.717, 1.165) is 26.2 Å². The van der Waals surface area contributed by atoms with Crippen LogP contribution >= 0.6 is 11.8 Å². The van der Waals surface area contributed by atoms with Gasteiger partial charge in [-0.25, -0.2) is 0 Å². The first kappa shape index (κ1) is 20.0. The molecule has 27 heavy (non-hydrogen) atoms. The van der Waals surface area contributed by atoms with Gasteiger partial charge in [0.25, 0.3) is 0 Å². The van der Waals surface area contributed by atoms with Crippen LogP contribution < -0.4 is 4.90 Å². The van der Waals surface area contributed by atoms with Crippen LogP contribution in [0.3, 0.4) is 0 Å². The molecule has 1 aromatic carbocycles. The zero-order valence-electron chi connectivity index (χ0n) is 16.3. The Balaban J connectivity index is 1.40. The molecule has 0 bridgehead atoms. The molecule has 0 unspecified atom stereocenters. The van der Waals surface area contributed by atoms with Gasteiger partial charge in [0, 0.05) is 45.0 Å². The minimum absolute atomic E-state index is 0.107. The number of thioether (sulfide) groups is 1. The molecule has 0 saturated carbocycles. The van der Waals surface area contributed by atoms with Crippen LogP contribution in [-0.4, -0.2) is 85.6 Å². The summed E-state index contributed by atoms with van der Waals surface area (Å²) in [4.78, 5) is 30.7. The Hall–Kier alpha value is -1.73. The molecular formula is C20H29N3O3S. The van der Waals surface area contributed by atoms with E-state index in [2.05, 4.69) is 36.9 Å². The highest BCUT2D eigenvalue weighted by atomic mass is 32.2. The first-order valence-corrected chi connectivity index (χ1v) is 10.7. The molecule has 6 nitrogen and oxygen atoms in total. The van der Waals surface area contributed by atoms with Crippen LogP contribution in [0.1, 0.15) is 11.1 Å². The average Bonchev–Trinajstić information content (AvgIpc) is 2.70. The fraction of sp³-hybridized carbons (Fsp3) is 0.600. The molecule has 2 aliphatic rings. The molecule has 0 N–H and O–H groups in total. The molecule has 0 aromatic heterocycles. The van der Waals surface area contributed by atoms with Crippen molar-refractivity contribution >= 4 is 29.3 Å². The third-order valence-corrected chi connectivity index (χ3v) is 6.27. The molecule has 2 amide bonds. The van der Waals surface area contributed by atoms with Crippen molar-refractivity contribution in [2.45, 2.75) is 13.8 Å². The third kappa shape index (κ3) is 5.17. The van der Waals surface area contributed by atoms with Gasteiger partial charge in [0.05, 0.1) is 24.7 Å². The van der Waals surface area contributed by atoms with Gasteiger partial charge in [-0.05, 0) is 31.0 Å². The largest absolute Gasteiger partial charge is 0.378 e. The smallest absolute Gasteiger partial charge is 0.232 e. The predicted octanol–water partition coefficient (Wildman–Crippen LogP) is 1.54. The van der Waals surface area contributed by atoms with Crippen LogP contribution in [0.2, 0.25) is 0 Å². The monoisotopic (exact) mass is 391 g/mol. The maximum absolute atomic E-state index is 12.5. The van der Waals surface area contributed by atoms with Crippen LogP contribution in [0.5, 0.6) is 0 Å². The lowest BCUT2D eigenvalue weighted by Gasteiger charge is -2.37. The first-order chi connectivity index (χ1) is 13.1. The van der Waals surface area contributed by atoms with Gasteiger partial charge < -0.3 is 19.4 Å². The highest BCUT2D eigenvalue weighted by Gasteiger charge is 2.23. The number of nitrogens with zero attached hydrogens (tertiary/aromatic N) is 3. The number of hydrogen-bond donors (Lipinski definition) is 0. The summed E-state index contributed by atoms with van der Waals surface area (Å²) in [6, 6.07) is 6.39. The molecule has 148 valence electrons. The van der Waals surface area contributed by atoms with Crippen molar-refractivity contribution in [1.82, 2.24) is 9.80 Å². The zero-order chi connectivity index (χ0) is 19.2. The second-order valence-electron chi connectivity index (χ2n) is 7.07. The highest BCUT2D eigenvalue weighted by molar-refractivity contribution is 8.00. The number of morpholine rings is 1. The molecule has 1 aromatic rings. The normalized spacial score (nSPS) is 17.9. The fourth-order valence-electron chi connectivity index (χ4n) is 3.50. The molecule has 2 fully saturated rings.